The van der Waals surface area contributed by atoms with E-state index >= 15 is 0 Å². The Hall–Kier alpha value is -2.89. The molecule has 1 aromatic rings. The molecule has 1 aliphatic carbocycles. The van der Waals surface area contributed by atoms with Crippen LogP contribution in [0.4, 0.5) is 0 Å². The summed E-state index contributed by atoms with van der Waals surface area (Å²) in [5, 5.41) is 17.9. The molecule has 6 heteroatoms. The molecule has 6 nitrogen and oxygen atoms in total. The predicted octanol–water partition coefficient (Wildman–Crippen LogP) is 4.83. The minimum Gasteiger partial charge on any atom is -0.488 e. The first kappa shape index (κ1) is 22.4. The Bertz CT molecular complexity index is 958. The van der Waals surface area contributed by atoms with Gasteiger partial charge in [-0.1, -0.05) is 39.8 Å². The van der Waals surface area contributed by atoms with E-state index in [-0.39, 0.29) is 28.8 Å². The molecule has 1 aromatic heterocycles. The van der Waals surface area contributed by atoms with Crippen LogP contribution in [0.5, 0.6) is 0 Å². The molecule has 0 fully saturated rings. The van der Waals surface area contributed by atoms with Crippen molar-refractivity contribution < 1.29 is 14.6 Å². The van der Waals surface area contributed by atoms with Crippen molar-refractivity contribution >= 4 is 17.8 Å². The number of carboxylic acids is 1. The van der Waals surface area contributed by atoms with Gasteiger partial charge in [-0.05, 0) is 37.8 Å². The monoisotopic (exact) mass is 398 g/mol. The van der Waals surface area contributed by atoms with Crippen LogP contribution in [0.15, 0.2) is 46.6 Å². The third kappa shape index (κ3) is 5.13. The highest BCUT2D eigenvalue weighted by Gasteiger charge is 2.25. The Kier molecular flexibility index (Phi) is 6.67. The van der Waals surface area contributed by atoms with Gasteiger partial charge in [-0.25, -0.2) is 4.79 Å². The summed E-state index contributed by atoms with van der Waals surface area (Å²) >= 11 is 0. The Morgan fingerprint density at radius 1 is 1.34 bits per heavy atom. The minimum atomic E-state index is -1.25. The Balaban J connectivity index is 2.57. The Morgan fingerprint density at radius 2 is 2.00 bits per heavy atom. The molecule has 0 spiro atoms. The average molecular weight is 399 g/mol. The van der Waals surface area contributed by atoms with Crippen molar-refractivity contribution in [2.24, 2.45) is 5.41 Å². The molecule has 2 rings (SSSR count). The number of pyridine rings is 1. The van der Waals surface area contributed by atoms with Crippen LogP contribution < -0.4 is 5.43 Å². The number of rotatable bonds is 6. The van der Waals surface area contributed by atoms with Gasteiger partial charge in [0.25, 0.3) is 0 Å². The van der Waals surface area contributed by atoms with Crippen molar-refractivity contribution in [2.45, 2.75) is 60.1 Å². The van der Waals surface area contributed by atoms with Gasteiger partial charge in [0, 0.05) is 29.6 Å². The van der Waals surface area contributed by atoms with E-state index in [1.807, 2.05) is 26.8 Å². The predicted molar refractivity (Wildman–Crippen MR) is 116 cm³/mol. The summed E-state index contributed by atoms with van der Waals surface area (Å²) in [6.45, 7) is 12.1. The zero-order valence-corrected chi connectivity index (χ0v) is 17.9. The summed E-state index contributed by atoms with van der Waals surface area (Å²) in [4.78, 5) is 23.8. The fourth-order valence-electron chi connectivity index (χ4n) is 2.82. The zero-order valence-electron chi connectivity index (χ0n) is 17.9. The molecule has 0 aliphatic heterocycles. The second-order valence-electron chi connectivity index (χ2n) is 8.43. The van der Waals surface area contributed by atoms with Crippen LogP contribution >= 0.6 is 0 Å². The number of aromatic nitrogens is 1. The molecule has 0 amide bonds. The molecular formula is C23H30N2O4. The summed E-state index contributed by atoms with van der Waals surface area (Å²) in [7, 11) is 0. The molecule has 2 atom stereocenters. The number of hydrogen-bond acceptors (Lipinski definition) is 4. The lowest BCUT2D eigenvalue weighted by molar-refractivity contribution is 0.0693. The van der Waals surface area contributed by atoms with Crippen molar-refractivity contribution in [3.63, 3.8) is 0 Å². The SMILES string of the molecule is CCC(C)OC1=CC=C/C(=C\c2cc(=O)c(C(=O)O)cn2C(C)C(C)(C)C)C1=N. The van der Waals surface area contributed by atoms with Gasteiger partial charge in [0.2, 0.25) is 0 Å². The number of carboxylic acid groups (broad SMARTS) is 1. The molecule has 2 N–H and O–H groups in total. The maximum Gasteiger partial charge on any atom is 0.341 e. The van der Waals surface area contributed by atoms with Crippen molar-refractivity contribution in [3.05, 3.63) is 63.3 Å². The first-order valence-electron chi connectivity index (χ1n) is 9.81. The van der Waals surface area contributed by atoms with E-state index in [1.54, 1.807) is 22.8 Å². The molecule has 0 saturated carbocycles. The van der Waals surface area contributed by atoms with Crippen LogP contribution in [0.25, 0.3) is 6.08 Å². The summed E-state index contributed by atoms with van der Waals surface area (Å²) in [5.74, 6) is -0.769. The van der Waals surface area contributed by atoms with Gasteiger partial charge < -0.3 is 14.4 Å². The standard InChI is InChI=1S/C23H30N2O4/c1-7-14(2)29-20-10-8-9-16(21(20)24)11-17-12-19(26)18(22(27)28)13-25(17)15(3)23(4,5)6/h8-15,24H,7H2,1-6H3,(H,27,28)/b16-11+,24-21?. The third-order valence-corrected chi connectivity index (χ3v) is 5.28. The zero-order chi connectivity index (χ0) is 21.9. The van der Waals surface area contributed by atoms with Crippen molar-refractivity contribution in [1.82, 2.24) is 4.57 Å². The van der Waals surface area contributed by atoms with Crippen LogP contribution in [0.3, 0.4) is 0 Å². The molecule has 0 aromatic carbocycles. The fraction of sp³-hybridized carbons (Fsp3) is 0.435. The van der Waals surface area contributed by atoms with Gasteiger partial charge in [0.1, 0.15) is 17.0 Å². The summed E-state index contributed by atoms with van der Waals surface area (Å²) in [5.41, 5.74) is 0.397. The molecule has 1 aliphatic rings. The van der Waals surface area contributed by atoms with Gasteiger partial charge in [-0.3, -0.25) is 10.2 Å². The molecule has 156 valence electrons. The van der Waals surface area contributed by atoms with Gasteiger partial charge in [-0.2, -0.15) is 0 Å². The van der Waals surface area contributed by atoms with E-state index in [4.69, 9.17) is 10.1 Å². The average Bonchev–Trinajstić information content (AvgIpc) is 2.63. The second-order valence-corrected chi connectivity index (χ2v) is 8.43. The van der Waals surface area contributed by atoms with Crippen molar-refractivity contribution in [2.75, 3.05) is 0 Å². The smallest absolute Gasteiger partial charge is 0.341 e. The quantitative estimate of drug-likeness (QED) is 0.718. The lowest BCUT2D eigenvalue weighted by Crippen LogP contribution is -2.27. The van der Waals surface area contributed by atoms with E-state index in [2.05, 4.69) is 20.8 Å². The summed E-state index contributed by atoms with van der Waals surface area (Å²) in [6, 6.07) is 1.24. The molecule has 0 saturated heterocycles. The van der Waals surface area contributed by atoms with Crippen LogP contribution in [-0.4, -0.2) is 27.5 Å². The van der Waals surface area contributed by atoms with Gasteiger partial charge in [0.05, 0.1) is 6.10 Å². The maximum atomic E-state index is 12.3. The molecule has 1 heterocycles. The summed E-state index contributed by atoms with van der Waals surface area (Å²) < 4.78 is 7.62. The normalized spacial score (nSPS) is 17.8. The van der Waals surface area contributed by atoms with Gasteiger partial charge >= 0.3 is 5.97 Å². The Labute approximate surface area is 171 Å². The number of carbonyl (C=O) groups is 1. The van der Waals surface area contributed by atoms with Crippen LogP contribution in [0.1, 0.15) is 70.1 Å². The van der Waals surface area contributed by atoms with E-state index in [1.165, 1.54) is 12.3 Å². The first-order valence-corrected chi connectivity index (χ1v) is 9.81. The largest absolute Gasteiger partial charge is 0.488 e. The van der Waals surface area contributed by atoms with Crippen LogP contribution in [0.2, 0.25) is 0 Å². The molecule has 0 radical (unpaired) electrons. The first-order chi connectivity index (χ1) is 13.5. The number of hydrogen-bond donors (Lipinski definition) is 2. The van der Waals surface area contributed by atoms with E-state index in [0.717, 1.165) is 6.42 Å². The number of nitrogens with zero attached hydrogens (tertiary/aromatic N) is 1. The van der Waals surface area contributed by atoms with E-state index < -0.39 is 11.4 Å². The number of allylic oxidation sites excluding steroid dienone is 4. The van der Waals surface area contributed by atoms with Crippen LogP contribution in [-0.2, 0) is 4.74 Å². The van der Waals surface area contributed by atoms with E-state index in [0.29, 0.717) is 17.0 Å². The summed E-state index contributed by atoms with van der Waals surface area (Å²) in [6.07, 6.45) is 9.30. The topological polar surface area (TPSA) is 92.4 Å². The fourth-order valence-corrected chi connectivity index (χ4v) is 2.82. The Morgan fingerprint density at radius 3 is 2.55 bits per heavy atom. The molecule has 29 heavy (non-hydrogen) atoms. The molecule has 0 bridgehead atoms. The van der Waals surface area contributed by atoms with Crippen molar-refractivity contribution in [1.29, 1.82) is 5.41 Å². The third-order valence-electron chi connectivity index (χ3n) is 5.28. The lowest BCUT2D eigenvalue weighted by Gasteiger charge is -2.31. The highest BCUT2D eigenvalue weighted by Crippen LogP contribution is 2.31. The number of nitrogens with one attached hydrogen (secondary N) is 1. The highest BCUT2D eigenvalue weighted by atomic mass is 16.5. The minimum absolute atomic E-state index is 0.0108. The maximum absolute atomic E-state index is 12.3. The van der Waals surface area contributed by atoms with Crippen molar-refractivity contribution in [3.8, 4) is 0 Å². The number of aromatic carboxylic acids is 1. The van der Waals surface area contributed by atoms with Gasteiger partial charge in [0.15, 0.2) is 5.43 Å². The highest BCUT2D eigenvalue weighted by molar-refractivity contribution is 6.14. The molecule has 2 unspecified atom stereocenters. The van der Waals surface area contributed by atoms with E-state index in [9.17, 15) is 14.7 Å². The van der Waals surface area contributed by atoms with Gasteiger partial charge in [-0.15, -0.1) is 0 Å². The van der Waals surface area contributed by atoms with Crippen LogP contribution in [0, 0.1) is 10.8 Å². The number of ether oxygens (including phenoxy) is 1. The second kappa shape index (κ2) is 8.64. The molecular weight excluding hydrogens is 368 g/mol. The lowest BCUT2D eigenvalue weighted by atomic mass is 9.87.